The SMILES string of the molecule is COc1ccc(NS(=O)(=O)c2ccc(NC(=O)C(C)N(c3ccc(Cl)cc3)S(C)(=O)=O)cc2)cc1. The molecule has 1 unspecified atom stereocenters. The van der Waals surface area contributed by atoms with Crippen molar-refractivity contribution < 1.29 is 26.4 Å². The van der Waals surface area contributed by atoms with E-state index < -0.39 is 32.0 Å². The first-order chi connectivity index (χ1) is 16.4. The molecular formula is C23H24ClN3O6S2. The fraction of sp³-hybridized carbons (Fsp3) is 0.174. The lowest BCUT2D eigenvalue weighted by Gasteiger charge is -2.28. The van der Waals surface area contributed by atoms with Crippen molar-refractivity contribution in [2.75, 3.05) is 27.7 Å². The van der Waals surface area contributed by atoms with Gasteiger partial charge in [-0.15, -0.1) is 0 Å². The van der Waals surface area contributed by atoms with Crippen LogP contribution in [0.25, 0.3) is 0 Å². The molecule has 12 heteroatoms. The number of benzene rings is 3. The molecule has 0 aromatic heterocycles. The summed E-state index contributed by atoms with van der Waals surface area (Å²) in [6.07, 6.45) is 1.00. The van der Waals surface area contributed by atoms with Crippen molar-refractivity contribution in [3.63, 3.8) is 0 Å². The summed E-state index contributed by atoms with van der Waals surface area (Å²) in [4.78, 5) is 12.8. The molecule has 0 saturated heterocycles. The number of halogens is 1. The highest BCUT2D eigenvalue weighted by atomic mass is 35.5. The van der Waals surface area contributed by atoms with Crippen molar-refractivity contribution in [3.8, 4) is 5.75 Å². The largest absolute Gasteiger partial charge is 0.497 e. The van der Waals surface area contributed by atoms with Crippen LogP contribution in [0.4, 0.5) is 17.1 Å². The topological polar surface area (TPSA) is 122 Å². The molecule has 9 nitrogen and oxygen atoms in total. The molecule has 3 aromatic rings. The van der Waals surface area contributed by atoms with E-state index in [2.05, 4.69) is 10.0 Å². The number of hydrogen-bond acceptors (Lipinski definition) is 6. The number of nitrogens with one attached hydrogen (secondary N) is 2. The van der Waals surface area contributed by atoms with E-state index in [0.29, 0.717) is 22.1 Å². The van der Waals surface area contributed by atoms with E-state index in [1.165, 1.54) is 62.6 Å². The maximum absolute atomic E-state index is 12.8. The van der Waals surface area contributed by atoms with Gasteiger partial charge in [-0.25, -0.2) is 16.8 Å². The molecule has 1 atom stereocenters. The maximum atomic E-state index is 12.8. The minimum Gasteiger partial charge on any atom is -0.497 e. The van der Waals surface area contributed by atoms with Crippen LogP contribution >= 0.6 is 11.6 Å². The first-order valence-corrected chi connectivity index (χ1v) is 13.9. The number of amides is 1. The molecule has 0 heterocycles. The number of anilines is 3. The summed E-state index contributed by atoms with van der Waals surface area (Å²) in [6.45, 7) is 1.45. The summed E-state index contributed by atoms with van der Waals surface area (Å²) < 4.78 is 58.6. The van der Waals surface area contributed by atoms with E-state index in [4.69, 9.17) is 16.3 Å². The lowest BCUT2D eigenvalue weighted by molar-refractivity contribution is -0.116. The van der Waals surface area contributed by atoms with Crippen molar-refractivity contribution in [2.24, 2.45) is 0 Å². The van der Waals surface area contributed by atoms with Gasteiger partial charge in [0.2, 0.25) is 15.9 Å². The summed E-state index contributed by atoms with van der Waals surface area (Å²) in [5.41, 5.74) is 0.945. The zero-order chi connectivity index (χ0) is 25.8. The summed E-state index contributed by atoms with van der Waals surface area (Å²) in [6, 6.07) is 16.9. The average molecular weight is 538 g/mol. The van der Waals surface area contributed by atoms with E-state index in [9.17, 15) is 21.6 Å². The lowest BCUT2D eigenvalue weighted by atomic mass is 10.2. The van der Waals surface area contributed by atoms with Crippen LogP contribution in [0.15, 0.2) is 77.7 Å². The molecule has 0 aliphatic rings. The number of nitrogens with zero attached hydrogens (tertiary/aromatic N) is 1. The summed E-state index contributed by atoms with van der Waals surface area (Å²) >= 11 is 5.88. The standard InChI is InChI=1S/C23H24ClN3O6S2/c1-16(27(34(3,29)30)20-10-4-17(24)5-11-20)23(28)25-18-8-14-22(15-9-18)35(31,32)26-19-6-12-21(33-2)13-7-19/h4-16,26H,1-3H3,(H,25,28). The predicted molar refractivity (Wildman–Crippen MR) is 137 cm³/mol. The molecule has 0 saturated carbocycles. The van der Waals surface area contributed by atoms with E-state index >= 15 is 0 Å². The molecule has 2 N–H and O–H groups in total. The minimum absolute atomic E-state index is 0.0155. The number of sulfonamides is 2. The van der Waals surface area contributed by atoms with Crippen molar-refractivity contribution in [2.45, 2.75) is 17.9 Å². The number of rotatable bonds is 9. The van der Waals surface area contributed by atoms with Crippen molar-refractivity contribution in [1.82, 2.24) is 0 Å². The monoisotopic (exact) mass is 537 g/mol. The van der Waals surface area contributed by atoms with Crippen LogP contribution in [-0.4, -0.2) is 42.2 Å². The quantitative estimate of drug-likeness (QED) is 0.426. The predicted octanol–water partition coefficient (Wildman–Crippen LogP) is 3.94. The second kappa shape index (κ2) is 10.5. The second-order valence-electron chi connectivity index (χ2n) is 7.56. The Morgan fingerprint density at radius 2 is 1.43 bits per heavy atom. The zero-order valence-corrected chi connectivity index (χ0v) is 21.5. The molecule has 0 bridgehead atoms. The highest BCUT2D eigenvalue weighted by Crippen LogP contribution is 2.24. The third-order valence-electron chi connectivity index (χ3n) is 4.94. The first-order valence-electron chi connectivity index (χ1n) is 10.2. The van der Waals surface area contributed by atoms with Gasteiger partial charge >= 0.3 is 0 Å². The summed E-state index contributed by atoms with van der Waals surface area (Å²) in [5.74, 6) is -0.00916. The summed E-state index contributed by atoms with van der Waals surface area (Å²) in [5, 5.41) is 3.04. The number of ether oxygens (including phenoxy) is 1. The van der Waals surface area contributed by atoms with Crippen molar-refractivity contribution >= 4 is 54.6 Å². The molecule has 3 rings (SSSR count). The van der Waals surface area contributed by atoms with Gasteiger partial charge in [-0.05, 0) is 79.7 Å². The Labute approximate surface area is 209 Å². The van der Waals surface area contributed by atoms with Crippen LogP contribution < -0.4 is 19.1 Å². The molecule has 0 aliphatic heterocycles. The van der Waals surface area contributed by atoms with Crippen LogP contribution in [0.5, 0.6) is 5.75 Å². The van der Waals surface area contributed by atoms with E-state index in [1.54, 1.807) is 24.3 Å². The van der Waals surface area contributed by atoms with Gasteiger partial charge in [0.05, 0.1) is 23.9 Å². The molecular weight excluding hydrogens is 514 g/mol. The fourth-order valence-electron chi connectivity index (χ4n) is 3.23. The third-order valence-corrected chi connectivity index (χ3v) is 7.83. The van der Waals surface area contributed by atoms with Gasteiger partial charge in [-0.3, -0.25) is 13.8 Å². The zero-order valence-electron chi connectivity index (χ0n) is 19.1. The van der Waals surface area contributed by atoms with Crippen LogP contribution in [0.1, 0.15) is 6.92 Å². The van der Waals surface area contributed by atoms with Crippen LogP contribution in [-0.2, 0) is 24.8 Å². The fourth-order valence-corrected chi connectivity index (χ4v) is 5.59. The van der Waals surface area contributed by atoms with Gasteiger partial charge in [0.25, 0.3) is 10.0 Å². The van der Waals surface area contributed by atoms with Crippen LogP contribution in [0.3, 0.4) is 0 Å². The highest BCUT2D eigenvalue weighted by molar-refractivity contribution is 7.92. The van der Waals surface area contributed by atoms with Crippen molar-refractivity contribution in [3.05, 3.63) is 77.8 Å². The van der Waals surface area contributed by atoms with Gasteiger partial charge in [0.15, 0.2) is 0 Å². The Bertz CT molecular complexity index is 1390. The summed E-state index contributed by atoms with van der Waals surface area (Å²) in [7, 11) is -6.15. The molecule has 186 valence electrons. The van der Waals surface area contributed by atoms with Crippen LogP contribution in [0, 0.1) is 0 Å². The van der Waals surface area contributed by atoms with Crippen LogP contribution in [0.2, 0.25) is 5.02 Å². The van der Waals surface area contributed by atoms with Gasteiger partial charge in [-0.1, -0.05) is 11.6 Å². The van der Waals surface area contributed by atoms with Gasteiger partial charge in [0, 0.05) is 16.4 Å². The highest BCUT2D eigenvalue weighted by Gasteiger charge is 2.29. The Kier molecular flexibility index (Phi) is 7.93. The van der Waals surface area contributed by atoms with E-state index in [-0.39, 0.29) is 10.6 Å². The number of carbonyl (C=O) groups excluding carboxylic acids is 1. The molecule has 1 amide bonds. The Morgan fingerprint density at radius 3 is 1.94 bits per heavy atom. The normalized spacial score (nSPS) is 12.5. The second-order valence-corrected chi connectivity index (χ2v) is 11.5. The molecule has 0 fully saturated rings. The molecule has 0 radical (unpaired) electrons. The Hall–Kier alpha value is -3.28. The van der Waals surface area contributed by atoms with E-state index in [1.807, 2.05) is 0 Å². The average Bonchev–Trinajstić information content (AvgIpc) is 2.80. The lowest BCUT2D eigenvalue weighted by Crippen LogP contribution is -2.45. The smallest absolute Gasteiger partial charge is 0.261 e. The Balaban J connectivity index is 1.74. The maximum Gasteiger partial charge on any atom is 0.261 e. The van der Waals surface area contributed by atoms with E-state index in [0.717, 1.165) is 10.6 Å². The molecule has 3 aromatic carbocycles. The molecule has 0 spiro atoms. The van der Waals surface area contributed by atoms with Gasteiger partial charge in [0.1, 0.15) is 11.8 Å². The van der Waals surface area contributed by atoms with Gasteiger partial charge in [-0.2, -0.15) is 0 Å². The number of hydrogen-bond donors (Lipinski definition) is 2. The third kappa shape index (κ3) is 6.65. The molecule has 35 heavy (non-hydrogen) atoms. The van der Waals surface area contributed by atoms with Crippen molar-refractivity contribution in [1.29, 1.82) is 0 Å². The molecule has 0 aliphatic carbocycles. The number of carbonyl (C=O) groups is 1. The number of methoxy groups -OCH3 is 1. The minimum atomic E-state index is -3.87. The Morgan fingerprint density at radius 1 is 0.886 bits per heavy atom. The first kappa shape index (κ1) is 26.3. The van der Waals surface area contributed by atoms with Gasteiger partial charge < -0.3 is 10.1 Å².